The maximum atomic E-state index is 10.9. The summed E-state index contributed by atoms with van der Waals surface area (Å²) in [5.74, 6) is 1.36. The Morgan fingerprint density at radius 3 is 2.55 bits per heavy atom. The molecule has 2 aromatic carbocycles. The van der Waals surface area contributed by atoms with Crippen molar-refractivity contribution in [2.45, 2.75) is 0 Å². The zero-order valence-electron chi connectivity index (χ0n) is 17.2. The lowest BCUT2D eigenvalue weighted by Gasteiger charge is -2.26. The molecule has 0 aliphatic carbocycles. The van der Waals surface area contributed by atoms with Gasteiger partial charge in [0.05, 0.1) is 36.1 Å². The van der Waals surface area contributed by atoms with E-state index in [1.165, 1.54) is 0 Å². The lowest BCUT2D eigenvalue weighted by molar-refractivity contribution is 0.0321. The van der Waals surface area contributed by atoms with Crippen molar-refractivity contribution < 1.29 is 19.3 Å². The lowest BCUT2D eigenvalue weighted by atomic mass is 10.1. The van der Waals surface area contributed by atoms with Crippen LogP contribution >= 0.6 is 23.2 Å². The van der Waals surface area contributed by atoms with Crippen LogP contribution in [0.4, 0.5) is 0 Å². The molecule has 0 saturated carbocycles. The van der Waals surface area contributed by atoms with Gasteiger partial charge in [-0.25, -0.2) is 0 Å². The Balaban J connectivity index is 1.54. The van der Waals surface area contributed by atoms with Crippen LogP contribution in [0.3, 0.4) is 0 Å². The number of rotatable bonds is 7. The van der Waals surface area contributed by atoms with Crippen molar-refractivity contribution in [1.82, 2.24) is 9.47 Å². The van der Waals surface area contributed by atoms with Crippen molar-refractivity contribution in [1.29, 1.82) is 0 Å². The largest absolute Gasteiger partial charge is 0.494 e. The van der Waals surface area contributed by atoms with Gasteiger partial charge in [-0.2, -0.15) is 0 Å². The Kier molecular flexibility index (Phi) is 6.92. The molecule has 0 spiro atoms. The molecule has 31 heavy (non-hydrogen) atoms. The van der Waals surface area contributed by atoms with Gasteiger partial charge in [0, 0.05) is 37.5 Å². The van der Waals surface area contributed by atoms with Crippen LogP contribution < -0.4 is 9.47 Å². The molecule has 1 N–H and O–H groups in total. The summed E-state index contributed by atoms with van der Waals surface area (Å²) in [5, 5.41) is 11.8. The normalized spacial score (nSPS) is 14.5. The molecule has 1 saturated heterocycles. The van der Waals surface area contributed by atoms with Gasteiger partial charge >= 0.3 is 0 Å². The zero-order chi connectivity index (χ0) is 21.8. The molecule has 4 rings (SSSR count). The zero-order valence-corrected chi connectivity index (χ0v) is 18.7. The number of hydrogen-bond acceptors (Lipinski definition) is 5. The van der Waals surface area contributed by atoms with Crippen LogP contribution in [0.5, 0.6) is 17.4 Å². The van der Waals surface area contributed by atoms with E-state index in [9.17, 15) is 5.11 Å². The second-order valence-corrected chi connectivity index (χ2v) is 8.00. The summed E-state index contributed by atoms with van der Waals surface area (Å²) in [6.07, 6.45) is 1.80. The maximum Gasteiger partial charge on any atom is 0.203 e. The van der Waals surface area contributed by atoms with Gasteiger partial charge < -0.3 is 19.3 Å². The Labute approximate surface area is 191 Å². The molecule has 2 heterocycles. The molecule has 8 heteroatoms. The monoisotopic (exact) mass is 462 g/mol. The summed E-state index contributed by atoms with van der Waals surface area (Å²) >= 11 is 12.1. The Hall–Kier alpha value is -2.38. The van der Waals surface area contributed by atoms with Crippen LogP contribution in [0.15, 0.2) is 48.7 Å². The van der Waals surface area contributed by atoms with Gasteiger partial charge in [0.2, 0.25) is 5.88 Å². The van der Waals surface area contributed by atoms with Gasteiger partial charge in [-0.3, -0.25) is 9.47 Å². The Morgan fingerprint density at radius 2 is 1.81 bits per heavy atom. The molecule has 1 aliphatic rings. The minimum absolute atomic E-state index is 0.0998. The van der Waals surface area contributed by atoms with E-state index in [2.05, 4.69) is 4.90 Å². The van der Waals surface area contributed by atoms with Crippen molar-refractivity contribution in [3.63, 3.8) is 0 Å². The Bertz CT molecular complexity index is 1050. The molecular weight excluding hydrogens is 439 g/mol. The van der Waals surface area contributed by atoms with E-state index in [1.807, 2.05) is 30.3 Å². The number of aromatic nitrogens is 1. The number of benzene rings is 2. The SMILES string of the molecule is COc1ccc(-n2ccc(-c3ccc(Cl)c(Cl)c3)c2O)cc1OCCN1CCOCC1. The number of halogens is 2. The average molecular weight is 463 g/mol. The second-order valence-electron chi connectivity index (χ2n) is 7.19. The number of ether oxygens (including phenoxy) is 3. The number of hydrogen-bond donors (Lipinski definition) is 1. The first kappa shape index (κ1) is 21.8. The van der Waals surface area contributed by atoms with Crippen LogP contribution in [0.1, 0.15) is 0 Å². The molecule has 0 radical (unpaired) electrons. The summed E-state index contributed by atoms with van der Waals surface area (Å²) < 4.78 is 18.5. The first-order chi connectivity index (χ1) is 15.1. The standard InChI is InChI=1S/C23H24Cl2N2O4/c1-29-21-5-3-17(15-22(21)31-13-10-26-8-11-30-12-9-26)27-7-6-18(23(27)28)16-2-4-19(24)20(25)14-16/h2-7,14-15,28H,8-13H2,1H3. The predicted molar refractivity (Wildman–Crippen MR) is 122 cm³/mol. The first-order valence-electron chi connectivity index (χ1n) is 10.0. The molecule has 1 aliphatic heterocycles. The molecular formula is C23H24Cl2N2O4. The van der Waals surface area contributed by atoms with Crippen LogP contribution in [0.25, 0.3) is 16.8 Å². The number of nitrogens with zero attached hydrogens (tertiary/aromatic N) is 2. The highest BCUT2D eigenvalue weighted by Crippen LogP contribution is 2.37. The molecule has 0 amide bonds. The predicted octanol–water partition coefficient (Wildman–Crippen LogP) is 4.88. The summed E-state index contributed by atoms with van der Waals surface area (Å²) in [5.41, 5.74) is 2.19. The van der Waals surface area contributed by atoms with Crippen molar-refractivity contribution in [3.05, 3.63) is 58.7 Å². The van der Waals surface area contributed by atoms with Gasteiger partial charge in [0.25, 0.3) is 0 Å². The summed E-state index contributed by atoms with van der Waals surface area (Å²) in [6.45, 7) is 4.68. The molecule has 3 aromatic rings. The minimum Gasteiger partial charge on any atom is -0.494 e. The first-order valence-corrected chi connectivity index (χ1v) is 10.8. The van der Waals surface area contributed by atoms with Gasteiger partial charge in [-0.15, -0.1) is 0 Å². The van der Waals surface area contributed by atoms with Crippen LogP contribution in [-0.2, 0) is 4.74 Å². The summed E-state index contributed by atoms with van der Waals surface area (Å²) in [6, 6.07) is 12.7. The third kappa shape index (κ3) is 4.93. The quantitative estimate of drug-likeness (QED) is 0.542. The van der Waals surface area contributed by atoms with E-state index < -0.39 is 0 Å². The van der Waals surface area contributed by atoms with Gasteiger partial charge in [-0.05, 0) is 35.9 Å². The van der Waals surface area contributed by atoms with Crippen molar-refractivity contribution in [3.8, 4) is 34.2 Å². The van der Waals surface area contributed by atoms with Gasteiger partial charge in [0.15, 0.2) is 11.5 Å². The molecule has 1 aromatic heterocycles. The van der Waals surface area contributed by atoms with Crippen LogP contribution in [-0.4, -0.2) is 61.1 Å². The van der Waals surface area contributed by atoms with Crippen molar-refractivity contribution in [2.24, 2.45) is 0 Å². The molecule has 0 atom stereocenters. The highest BCUT2D eigenvalue weighted by molar-refractivity contribution is 6.42. The molecule has 6 nitrogen and oxygen atoms in total. The van der Waals surface area contributed by atoms with Gasteiger partial charge in [0.1, 0.15) is 6.61 Å². The van der Waals surface area contributed by atoms with E-state index in [1.54, 1.807) is 30.0 Å². The van der Waals surface area contributed by atoms with Crippen molar-refractivity contribution >= 4 is 23.2 Å². The van der Waals surface area contributed by atoms with E-state index in [0.29, 0.717) is 33.7 Å². The van der Waals surface area contributed by atoms with Crippen molar-refractivity contribution in [2.75, 3.05) is 46.6 Å². The average Bonchev–Trinajstić information content (AvgIpc) is 3.17. The van der Waals surface area contributed by atoms with E-state index in [4.69, 9.17) is 37.4 Å². The highest BCUT2D eigenvalue weighted by atomic mass is 35.5. The van der Waals surface area contributed by atoms with Crippen LogP contribution in [0, 0.1) is 0 Å². The minimum atomic E-state index is 0.0998. The third-order valence-electron chi connectivity index (χ3n) is 5.28. The Morgan fingerprint density at radius 1 is 1.00 bits per heavy atom. The molecule has 1 fully saturated rings. The summed E-state index contributed by atoms with van der Waals surface area (Å²) in [7, 11) is 1.61. The molecule has 0 bridgehead atoms. The fourth-order valence-corrected chi connectivity index (χ4v) is 3.86. The fourth-order valence-electron chi connectivity index (χ4n) is 3.56. The topological polar surface area (TPSA) is 56.1 Å². The number of aromatic hydroxyl groups is 1. The molecule has 0 unspecified atom stereocenters. The highest BCUT2D eigenvalue weighted by Gasteiger charge is 2.15. The maximum absolute atomic E-state index is 10.9. The van der Waals surface area contributed by atoms with Crippen LogP contribution in [0.2, 0.25) is 10.0 Å². The lowest BCUT2D eigenvalue weighted by Crippen LogP contribution is -2.38. The van der Waals surface area contributed by atoms with E-state index >= 15 is 0 Å². The van der Waals surface area contributed by atoms with Gasteiger partial charge in [-0.1, -0.05) is 29.3 Å². The fraction of sp³-hybridized carbons (Fsp3) is 0.304. The van der Waals surface area contributed by atoms with E-state index in [-0.39, 0.29) is 5.88 Å². The smallest absolute Gasteiger partial charge is 0.203 e. The number of methoxy groups -OCH3 is 1. The number of morpholine rings is 1. The molecule has 164 valence electrons. The summed E-state index contributed by atoms with van der Waals surface area (Å²) in [4.78, 5) is 2.31. The second kappa shape index (κ2) is 9.83. The van der Waals surface area contributed by atoms with E-state index in [0.717, 1.165) is 44.1 Å². The third-order valence-corrected chi connectivity index (χ3v) is 6.02.